The number of imidazole rings is 1. The van der Waals surface area contributed by atoms with E-state index in [-0.39, 0.29) is 12.4 Å². The van der Waals surface area contributed by atoms with E-state index in [0.717, 1.165) is 16.5 Å². The lowest BCUT2D eigenvalue weighted by molar-refractivity contribution is 0.305. The summed E-state index contributed by atoms with van der Waals surface area (Å²) in [5.74, 6) is 0.240. The van der Waals surface area contributed by atoms with Crippen LogP contribution in [0.1, 0.15) is 11.1 Å². The van der Waals surface area contributed by atoms with Crippen LogP contribution in [-0.4, -0.2) is 9.55 Å². The summed E-state index contributed by atoms with van der Waals surface area (Å²) in [7, 11) is 0. The van der Waals surface area contributed by atoms with Crippen molar-refractivity contribution in [3.8, 4) is 5.75 Å². The number of halogens is 1. The molecule has 0 aliphatic carbocycles. The first-order chi connectivity index (χ1) is 12.7. The van der Waals surface area contributed by atoms with Gasteiger partial charge in [0.25, 0.3) is 0 Å². The molecular weight excluding hydrogens is 335 g/mol. The largest absolute Gasteiger partial charge is 0.489 e. The van der Waals surface area contributed by atoms with Crippen molar-refractivity contribution in [3.63, 3.8) is 0 Å². The Morgan fingerprint density at radius 2 is 2.08 bits per heavy atom. The smallest absolute Gasteiger partial charge is 0.336 e. The van der Waals surface area contributed by atoms with E-state index in [1.807, 2.05) is 16.8 Å². The standard InChI is InChI=1S/C20H15FN2O3/c21-16-3-1-2-14(8-16)12-25-17-4-5-18-15(11-23-7-6-22-13-23)9-20(24)26-19(18)10-17/h1-10,13H,11-12H2. The highest BCUT2D eigenvalue weighted by Gasteiger charge is 2.08. The molecule has 0 amide bonds. The highest BCUT2D eigenvalue weighted by molar-refractivity contribution is 5.81. The van der Waals surface area contributed by atoms with Gasteiger partial charge >= 0.3 is 5.63 Å². The van der Waals surface area contributed by atoms with Crippen LogP contribution in [0, 0.1) is 5.82 Å². The van der Waals surface area contributed by atoms with Crippen LogP contribution >= 0.6 is 0 Å². The van der Waals surface area contributed by atoms with Crippen molar-refractivity contribution in [1.82, 2.24) is 9.55 Å². The van der Waals surface area contributed by atoms with Crippen molar-refractivity contribution in [3.05, 3.63) is 94.6 Å². The molecule has 26 heavy (non-hydrogen) atoms. The minimum Gasteiger partial charge on any atom is -0.489 e. The van der Waals surface area contributed by atoms with Gasteiger partial charge < -0.3 is 13.7 Å². The van der Waals surface area contributed by atoms with Crippen LogP contribution in [0.4, 0.5) is 4.39 Å². The van der Waals surface area contributed by atoms with Crippen molar-refractivity contribution >= 4 is 11.0 Å². The molecule has 0 saturated carbocycles. The summed E-state index contributed by atoms with van der Waals surface area (Å²) in [6.07, 6.45) is 5.21. The fourth-order valence-electron chi connectivity index (χ4n) is 2.80. The highest BCUT2D eigenvalue weighted by atomic mass is 19.1. The SMILES string of the molecule is O=c1cc(Cn2ccnc2)c2ccc(OCc3cccc(F)c3)cc2o1. The predicted molar refractivity (Wildman–Crippen MR) is 94.5 cm³/mol. The Bertz CT molecular complexity index is 1100. The van der Waals surface area contributed by atoms with Crippen LogP contribution in [0.3, 0.4) is 0 Å². The van der Waals surface area contributed by atoms with Gasteiger partial charge in [-0.05, 0) is 35.4 Å². The molecule has 0 spiro atoms. The Hall–Kier alpha value is -3.41. The van der Waals surface area contributed by atoms with Gasteiger partial charge in [0.15, 0.2) is 0 Å². The predicted octanol–water partition coefficient (Wildman–Crippen LogP) is 3.76. The molecule has 0 fully saturated rings. The van der Waals surface area contributed by atoms with Crippen LogP contribution in [0.5, 0.6) is 5.75 Å². The zero-order chi connectivity index (χ0) is 17.9. The second-order valence-corrected chi connectivity index (χ2v) is 5.90. The maximum absolute atomic E-state index is 13.2. The second-order valence-electron chi connectivity index (χ2n) is 5.90. The van der Waals surface area contributed by atoms with Gasteiger partial charge in [0.2, 0.25) is 0 Å². The van der Waals surface area contributed by atoms with Gasteiger partial charge in [-0.15, -0.1) is 0 Å². The molecule has 130 valence electrons. The number of fused-ring (bicyclic) bond motifs is 1. The van der Waals surface area contributed by atoms with E-state index in [2.05, 4.69) is 4.98 Å². The first kappa shape index (κ1) is 16.1. The van der Waals surface area contributed by atoms with Gasteiger partial charge in [0.05, 0.1) is 6.33 Å². The zero-order valence-corrected chi connectivity index (χ0v) is 13.8. The van der Waals surface area contributed by atoms with Crippen LogP contribution in [0.15, 0.2) is 76.5 Å². The summed E-state index contributed by atoms with van der Waals surface area (Å²) in [5, 5.41) is 0.830. The number of rotatable bonds is 5. The van der Waals surface area contributed by atoms with E-state index in [1.54, 1.807) is 36.8 Å². The molecule has 0 atom stereocenters. The first-order valence-corrected chi connectivity index (χ1v) is 8.07. The van der Waals surface area contributed by atoms with E-state index in [4.69, 9.17) is 9.15 Å². The second kappa shape index (κ2) is 6.84. The number of hydrogen-bond donors (Lipinski definition) is 0. The summed E-state index contributed by atoms with van der Waals surface area (Å²) in [6.45, 7) is 0.744. The zero-order valence-electron chi connectivity index (χ0n) is 13.8. The molecule has 4 rings (SSSR count). The first-order valence-electron chi connectivity index (χ1n) is 8.07. The average molecular weight is 350 g/mol. The summed E-state index contributed by atoms with van der Waals surface area (Å²) in [5.41, 5.74) is 1.59. The topological polar surface area (TPSA) is 57.3 Å². The van der Waals surface area contributed by atoms with Gasteiger partial charge in [-0.3, -0.25) is 0 Å². The monoisotopic (exact) mass is 350 g/mol. The van der Waals surface area contributed by atoms with Gasteiger partial charge in [-0.1, -0.05) is 12.1 Å². The molecule has 4 aromatic rings. The fraction of sp³-hybridized carbons (Fsp3) is 0.100. The lowest BCUT2D eigenvalue weighted by atomic mass is 10.1. The molecular formula is C20H15FN2O3. The molecule has 0 saturated heterocycles. The molecule has 0 aliphatic rings. The molecule has 2 aromatic heterocycles. The molecule has 0 radical (unpaired) electrons. The maximum atomic E-state index is 13.2. The van der Waals surface area contributed by atoms with Crippen molar-refractivity contribution in [2.45, 2.75) is 13.2 Å². The van der Waals surface area contributed by atoms with E-state index >= 15 is 0 Å². The molecule has 0 N–H and O–H groups in total. The third-order valence-electron chi connectivity index (χ3n) is 4.01. The molecule has 5 nitrogen and oxygen atoms in total. The van der Waals surface area contributed by atoms with Crippen molar-refractivity contribution in [2.75, 3.05) is 0 Å². The molecule has 2 aromatic carbocycles. The van der Waals surface area contributed by atoms with Crippen molar-refractivity contribution in [2.24, 2.45) is 0 Å². The highest BCUT2D eigenvalue weighted by Crippen LogP contribution is 2.24. The molecule has 0 unspecified atom stereocenters. The molecule has 6 heteroatoms. The van der Waals surface area contributed by atoms with Crippen LogP contribution in [0.25, 0.3) is 11.0 Å². The quantitative estimate of drug-likeness (QED) is 0.514. The molecule has 0 aliphatic heterocycles. The third kappa shape index (κ3) is 3.49. The Morgan fingerprint density at radius 3 is 2.88 bits per heavy atom. The fourth-order valence-corrected chi connectivity index (χ4v) is 2.80. The Morgan fingerprint density at radius 1 is 1.15 bits per heavy atom. The number of nitrogens with zero attached hydrogens (tertiary/aromatic N) is 2. The van der Waals surface area contributed by atoms with E-state index in [0.29, 0.717) is 17.9 Å². The number of benzene rings is 2. The van der Waals surface area contributed by atoms with E-state index in [9.17, 15) is 9.18 Å². The number of hydrogen-bond acceptors (Lipinski definition) is 4. The van der Waals surface area contributed by atoms with Gasteiger partial charge in [-0.25, -0.2) is 14.2 Å². The van der Waals surface area contributed by atoms with Crippen molar-refractivity contribution < 1.29 is 13.5 Å². The normalized spacial score (nSPS) is 11.0. The van der Waals surface area contributed by atoms with E-state index < -0.39 is 5.63 Å². The summed E-state index contributed by atoms with van der Waals surface area (Å²) in [4.78, 5) is 15.9. The van der Waals surface area contributed by atoms with Gasteiger partial charge in [-0.2, -0.15) is 0 Å². The maximum Gasteiger partial charge on any atom is 0.336 e. The van der Waals surface area contributed by atoms with Crippen molar-refractivity contribution in [1.29, 1.82) is 0 Å². The number of ether oxygens (including phenoxy) is 1. The average Bonchev–Trinajstić information content (AvgIpc) is 3.12. The Balaban J connectivity index is 1.61. The Labute approximate surface area is 148 Å². The van der Waals surface area contributed by atoms with Gasteiger partial charge in [0, 0.05) is 36.5 Å². The third-order valence-corrected chi connectivity index (χ3v) is 4.01. The molecule has 0 bridgehead atoms. The van der Waals surface area contributed by atoms with Gasteiger partial charge in [0.1, 0.15) is 23.8 Å². The Kier molecular flexibility index (Phi) is 4.23. The van der Waals surface area contributed by atoms with Crippen LogP contribution < -0.4 is 10.4 Å². The minimum absolute atomic E-state index is 0.224. The van der Waals surface area contributed by atoms with E-state index in [1.165, 1.54) is 18.2 Å². The number of aromatic nitrogens is 2. The molecule has 2 heterocycles. The lowest BCUT2D eigenvalue weighted by Crippen LogP contribution is -2.05. The summed E-state index contributed by atoms with van der Waals surface area (Å²) < 4.78 is 26.1. The summed E-state index contributed by atoms with van der Waals surface area (Å²) in [6, 6.07) is 13.0. The lowest BCUT2D eigenvalue weighted by Gasteiger charge is -2.09. The minimum atomic E-state index is -0.421. The summed E-state index contributed by atoms with van der Waals surface area (Å²) >= 11 is 0. The van der Waals surface area contributed by atoms with Crippen LogP contribution in [0.2, 0.25) is 0 Å². The van der Waals surface area contributed by atoms with Crippen LogP contribution in [-0.2, 0) is 13.2 Å².